The zero-order valence-electron chi connectivity index (χ0n) is 14.4. The molecule has 0 aliphatic rings. The summed E-state index contributed by atoms with van der Waals surface area (Å²) in [6.45, 7) is 4.40. The van der Waals surface area contributed by atoms with E-state index in [4.69, 9.17) is 5.73 Å². The van der Waals surface area contributed by atoms with E-state index < -0.39 is 17.2 Å². The summed E-state index contributed by atoms with van der Waals surface area (Å²) >= 11 is 0. The number of amides is 1. The SMILES string of the molecule is CC(C)c1ccc(C(N)CNC(=O)c2c[nH]c(=O)n(C)c2=O)cc1.Cl. The molecule has 4 N–H and O–H groups in total. The molecule has 0 fully saturated rings. The minimum Gasteiger partial charge on any atom is -0.350 e. The third kappa shape index (κ3) is 4.80. The number of aromatic amines is 1. The fourth-order valence-electron chi connectivity index (χ4n) is 2.27. The lowest BCUT2D eigenvalue weighted by Gasteiger charge is -2.14. The summed E-state index contributed by atoms with van der Waals surface area (Å²) in [6.07, 6.45) is 1.11. The molecular weight excluding hydrogens is 344 g/mol. The zero-order valence-corrected chi connectivity index (χ0v) is 15.2. The van der Waals surface area contributed by atoms with Gasteiger partial charge in [0.25, 0.3) is 11.5 Å². The van der Waals surface area contributed by atoms with Gasteiger partial charge in [-0.15, -0.1) is 12.4 Å². The molecule has 2 rings (SSSR count). The molecular formula is C17H23ClN4O3. The first-order valence-corrected chi connectivity index (χ1v) is 7.73. The van der Waals surface area contributed by atoms with Crippen molar-refractivity contribution in [2.75, 3.05) is 6.54 Å². The van der Waals surface area contributed by atoms with E-state index >= 15 is 0 Å². The number of hydrogen-bond donors (Lipinski definition) is 3. The summed E-state index contributed by atoms with van der Waals surface area (Å²) in [5, 5.41) is 2.62. The predicted octanol–water partition coefficient (Wildman–Crippen LogP) is 1.05. The van der Waals surface area contributed by atoms with Crippen molar-refractivity contribution in [3.63, 3.8) is 0 Å². The molecule has 0 aliphatic carbocycles. The topological polar surface area (TPSA) is 110 Å². The van der Waals surface area contributed by atoms with Gasteiger partial charge in [-0.25, -0.2) is 4.79 Å². The van der Waals surface area contributed by atoms with E-state index in [1.54, 1.807) is 0 Å². The lowest BCUT2D eigenvalue weighted by molar-refractivity contribution is 0.0948. The predicted molar refractivity (Wildman–Crippen MR) is 99.3 cm³/mol. The van der Waals surface area contributed by atoms with Gasteiger partial charge >= 0.3 is 5.69 Å². The molecule has 1 heterocycles. The highest BCUT2D eigenvalue weighted by Gasteiger charge is 2.14. The van der Waals surface area contributed by atoms with Gasteiger partial charge in [-0.2, -0.15) is 0 Å². The molecule has 1 aromatic heterocycles. The maximum atomic E-state index is 12.1. The smallest absolute Gasteiger partial charge is 0.328 e. The lowest BCUT2D eigenvalue weighted by atomic mass is 9.99. The summed E-state index contributed by atoms with van der Waals surface area (Å²) < 4.78 is 0.847. The van der Waals surface area contributed by atoms with Crippen molar-refractivity contribution in [1.82, 2.24) is 14.9 Å². The molecule has 25 heavy (non-hydrogen) atoms. The number of halogens is 1. The zero-order chi connectivity index (χ0) is 17.9. The van der Waals surface area contributed by atoms with Crippen LogP contribution in [0.5, 0.6) is 0 Å². The molecule has 0 saturated carbocycles. The van der Waals surface area contributed by atoms with Crippen LogP contribution in [0.2, 0.25) is 0 Å². The van der Waals surface area contributed by atoms with Crippen LogP contribution in [0.4, 0.5) is 0 Å². The molecule has 7 nitrogen and oxygen atoms in total. The Morgan fingerprint density at radius 2 is 1.76 bits per heavy atom. The highest BCUT2D eigenvalue weighted by atomic mass is 35.5. The molecule has 8 heteroatoms. The van der Waals surface area contributed by atoms with E-state index in [1.807, 2.05) is 24.3 Å². The Balaban J connectivity index is 0.00000312. The van der Waals surface area contributed by atoms with E-state index in [-0.39, 0.29) is 30.6 Å². The van der Waals surface area contributed by atoms with E-state index in [9.17, 15) is 14.4 Å². The summed E-state index contributed by atoms with van der Waals surface area (Å²) in [6, 6.07) is 7.51. The maximum Gasteiger partial charge on any atom is 0.328 e. The molecule has 1 atom stereocenters. The molecule has 1 amide bonds. The van der Waals surface area contributed by atoms with Gasteiger partial charge in [0.05, 0.1) is 0 Å². The molecule has 1 unspecified atom stereocenters. The number of H-pyrrole nitrogens is 1. The van der Waals surface area contributed by atoms with Crippen LogP contribution in [0.1, 0.15) is 47.3 Å². The Hall–Kier alpha value is -2.38. The third-order valence-corrected chi connectivity index (χ3v) is 3.94. The highest BCUT2D eigenvalue weighted by molar-refractivity contribution is 5.93. The molecule has 0 radical (unpaired) electrons. The molecule has 0 saturated heterocycles. The summed E-state index contributed by atoms with van der Waals surface area (Å²) in [5.74, 6) is -0.132. The number of nitrogens with two attached hydrogens (primary N) is 1. The van der Waals surface area contributed by atoms with E-state index in [2.05, 4.69) is 24.1 Å². The van der Waals surface area contributed by atoms with Gasteiger partial charge < -0.3 is 16.0 Å². The van der Waals surface area contributed by atoms with Gasteiger partial charge in [0.15, 0.2) is 0 Å². The second kappa shape index (κ2) is 8.64. The van der Waals surface area contributed by atoms with Gasteiger partial charge in [0.1, 0.15) is 5.56 Å². The van der Waals surface area contributed by atoms with E-state index in [0.29, 0.717) is 5.92 Å². The molecule has 0 bridgehead atoms. The van der Waals surface area contributed by atoms with Gasteiger partial charge in [-0.3, -0.25) is 14.2 Å². The van der Waals surface area contributed by atoms with Gasteiger partial charge in [-0.05, 0) is 17.0 Å². The molecule has 1 aromatic carbocycles. The fraction of sp³-hybridized carbons (Fsp3) is 0.353. The van der Waals surface area contributed by atoms with Crippen LogP contribution >= 0.6 is 12.4 Å². The fourth-order valence-corrected chi connectivity index (χ4v) is 2.27. The van der Waals surface area contributed by atoms with Crippen molar-refractivity contribution in [1.29, 1.82) is 0 Å². The Labute approximate surface area is 151 Å². The number of benzene rings is 1. The van der Waals surface area contributed by atoms with Crippen LogP contribution in [-0.2, 0) is 7.05 Å². The van der Waals surface area contributed by atoms with Crippen molar-refractivity contribution in [2.45, 2.75) is 25.8 Å². The number of aromatic nitrogens is 2. The molecule has 136 valence electrons. The second-order valence-corrected chi connectivity index (χ2v) is 6.01. The third-order valence-electron chi connectivity index (χ3n) is 3.94. The van der Waals surface area contributed by atoms with Crippen molar-refractivity contribution in [2.24, 2.45) is 12.8 Å². The first kappa shape index (κ1) is 20.7. The first-order chi connectivity index (χ1) is 11.3. The van der Waals surface area contributed by atoms with Crippen LogP contribution < -0.4 is 22.3 Å². The Morgan fingerprint density at radius 3 is 2.32 bits per heavy atom. The number of carbonyl (C=O) groups excluding carboxylic acids is 1. The lowest BCUT2D eigenvalue weighted by Crippen LogP contribution is -2.40. The Bertz CT molecular complexity index is 840. The van der Waals surface area contributed by atoms with Crippen LogP contribution in [0.15, 0.2) is 40.1 Å². The quantitative estimate of drug-likeness (QED) is 0.734. The van der Waals surface area contributed by atoms with Gasteiger partial charge in [0, 0.05) is 25.8 Å². The standard InChI is InChI=1S/C17H22N4O3.ClH/c1-10(2)11-4-6-12(7-5-11)14(18)9-19-15(22)13-8-20-17(24)21(3)16(13)23;/h4-8,10,14H,9,18H2,1-3H3,(H,19,22)(H,20,24);1H. The number of hydrogen-bond acceptors (Lipinski definition) is 4. The second-order valence-electron chi connectivity index (χ2n) is 6.01. The van der Waals surface area contributed by atoms with Gasteiger partial charge in [0.2, 0.25) is 0 Å². The summed E-state index contributed by atoms with van der Waals surface area (Å²) in [4.78, 5) is 37.6. The summed E-state index contributed by atoms with van der Waals surface area (Å²) in [5.41, 5.74) is 6.85. The largest absolute Gasteiger partial charge is 0.350 e. The Morgan fingerprint density at radius 1 is 1.20 bits per heavy atom. The molecule has 2 aromatic rings. The van der Waals surface area contributed by atoms with Crippen molar-refractivity contribution in [3.8, 4) is 0 Å². The molecule has 0 spiro atoms. The van der Waals surface area contributed by atoms with Crippen LogP contribution in [0.25, 0.3) is 0 Å². The monoisotopic (exact) mass is 366 g/mol. The number of nitrogens with zero attached hydrogens (tertiary/aromatic N) is 1. The van der Waals surface area contributed by atoms with Crippen molar-refractivity contribution in [3.05, 3.63) is 68.0 Å². The minimum atomic E-state index is -0.647. The highest BCUT2D eigenvalue weighted by Crippen LogP contribution is 2.17. The average Bonchev–Trinajstić information content (AvgIpc) is 2.57. The van der Waals surface area contributed by atoms with E-state index in [0.717, 1.165) is 16.3 Å². The minimum absolute atomic E-state index is 0. The van der Waals surface area contributed by atoms with E-state index in [1.165, 1.54) is 12.6 Å². The van der Waals surface area contributed by atoms with Gasteiger partial charge in [-0.1, -0.05) is 38.1 Å². The molecule has 0 aliphatic heterocycles. The normalized spacial score (nSPS) is 11.7. The van der Waals surface area contributed by atoms with Crippen molar-refractivity contribution < 1.29 is 4.79 Å². The van der Waals surface area contributed by atoms with Crippen LogP contribution in [-0.4, -0.2) is 22.0 Å². The average molecular weight is 367 g/mol. The number of nitrogens with one attached hydrogen (secondary N) is 2. The number of carbonyl (C=O) groups is 1. The summed E-state index contributed by atoms with van der Waals surface area (Å²) in [7, 11) is 1.31. The van der Waals surface area contributed by atoms with Crippen molar-refractivity contribution >= 4 is 18.3 Å². The first-order valence-electron chi connectivity index (χ1n) is 7.73. The maximum absolute atomic E-state index is 12.1. The Kier molecular flexibility index (Phi) is 7.14. The van der Waals surface area contributed by atoms with Crippen LogP contribution in [0.3, 0.4) is 0 Å². The number of rotatable bonds is 5. The van der Waals surface area contributed by atoms with Crippen LogP contribution in [0, 0.1) is 0 Å².